The van der Waals surface area contributed by atoms with E-state index in [0.717, 1.165) is 12.6 Å². The maximum atomic E-state index is 3.78. The van der Waals surface area contributed by atoms with Gasteiger partial charge in [0, 0.05) is 31.2 Å². The van der Waals surface area contributed by atoms with Crippen LogP contribution >= 0.6 is 0 Å². The molecule has 2 nitrogen and oxygen atoms in total. The first kappa shape index (κ1) is 14.8. The highest BCUT2D eigenvalue weighted by Gasteiger charge is 2.33. The Kier molecular flexibility index (Phi) is 5.10. The first-order valence-electron chi connectivity index (χ1n) is 8.57. The lowest BCUT2D eigenvalue weighted by Gasteiger charge is -2.45. The fourth-order valence-corrected chi connectivity index (χ4v) is 3.85. The minimum atomic E-state index is 0.538. The van der Waals surface area contributed by atoms with Gasteiger partial charge < -0.3 is 5.32 Å². The van der Waals surface area contributed by atoms with Gasteiger partial charge in [-0.05, 0) is 31.2 Å². The fourth-order valence-electron chi connectivity index (χ4n) is 3.85. The summed E-state index contributed by atoms with van der Waals surface area (Å²) in [6, 6.07) is 13.0. The van der Waals surface area contributed by atoms with Gasteiger partial charge in [0.25, 0.3) is 0 Å². The zero-order valence-corrected chi connectivity index (χ0v) is 13.2. The van der Waals surface area contributed by atoms with Gasteiger partial charge in [0.05, 0.1) is 0 Å². The van der Waals surface area contributed by atoms with Crippen LogP contribution in [0.2, 0.25) is 0 Å². The molecule has 1 aliphatic heterocycles. The topological polar surface area (TPSA) is 15.3 Å². The third kappa shape index (κ3) is 3.56. The third-order valence-electron chi connectivity index (χ3n) is 4.96. The number of nitrogens with zero attached hydrogens (tertiary/aromatic N) is 1. The van der Waals surface area contributed by atoms with Gasteiger partial charge in [-0.25, -0.2) is 0 Å². The van der Waals surface area contributed by atoms with Crippen LogP contribution in [0, 0.1) is 0 Å². The van der Waals surface area contributed by atoms with Crippen LogP contribution in [0.5, 0.6) is 0 Å². The molecule has 3 unspecified atom stereocenters. The van der Waals surface area contributed by atoms with E-state index in [4.69, 9.17) is 0 Å². The van der Waals surface area contributed by atoms with Gasteiger partial charge in [0.15, 0.2) is 0 Å². The lowest BCUT2D eigenvalue weighted by atomic mass is 9.92. The van der Waals surface area contributed by atoms with Crippen molar-refractivity contribution in [3.8, 4) is 0 Å². The van der Waals surface area contributed by atoms with Crippen LogP contribution < -0.4 is 5.32 Å². The van der Waals surface area contributed by atoms with E-state index >= 15 is 0 Å². The summed E-state index contributed by atoms with van der Waals surface area (Å²) in [6.07, 6.45) is 11.1. The number of allylic oxidation sites excluding steroid dienone is 1. The number of benzene rings is 1. The molecule has 1 saturated heterocycles. The van der Waals surface area contributed by atoms with Crippen LogP contribution in [-0.2, 0) is 0 Å². The molecular formula is C19H28N2. The van der Waals surface area contributed by atoms with E-state index in [0.29, 0.717) is 12.1 Å². The predicted molar refractivity (Wildman–Crippen MR) is 89.4 cm³/mol. The van der Waals surface area contributed by atoms with Crippen LogP contribution in [0.3, 0.4) is 0 Å². The molecule has 1 heterocycles. The van der Waals surface area contributed by atoms with E-state index in [1.54, 1.807) is 0 Å². The van der Waals surface area contributed by atoms with Crippen molar-refractivity contribution in [2.75, 3.05) is 13.1 Å². The molecule has 1 N–H and O–H groups in total. The zero-order chi connectivity index (χ0) is 14.5. The van der Waals surface area contributed by atoms with Gasteiger partial charge in [-0.15, -0.1) is 0 Å². The van der Waals surface area contributed by atoms with Crippen molar-refractivity contribution in [2.24, 2.45) is 0 Å². The molecule has 0 spiro atoms. The molecule has 2 heteroatoms. The molecule has 0 amide bonds. The van der Waals surface area contributed by atoms with Crippen LogP contribution in [-0.4, -0.2) is 30.1 Å². The first-order chi connectivity index (χ1) is 10.4. The maximum absolute atomic E-state index is 3.78. The predicted octanol–water partition coefficient (Wildman–Crippen LogP) is 3.91. The lowest BCUT2D eigenvalue weighted by Crippen LogP contribution is -2.55. The SMILES string of the molecule is CCCC1CN(C2CC=CCC2)C(c2ccccc2)CN1. The number of hydrogen-bond donors (Lipinski definition) is 1. The van der Waals surface area contributed by atoms with Crippen molar-refractivity contribution in [1.29, 1.82) is 0 Å². The van der Waals surface area contributed by atoms with E-state index in [1.807, 2.05) is 0 Å². The number of piperazine rings is 1. The average Bonchev–Trinajstić information content (AvgIpc) is 2.57. The smallest absolute Gasteiger partial charge is 0.0476 e. The largest absolute Gasteiger partial charge is 0.311 e. The van der Waals surface area contributed by atoms with E-state index in [-0.39, 0.29) is 0 Å². The standard InChI is InChI=1S/C19H28N2/c1-2-9-17-15-21(18-12-7-4-8-13-18)19(14-20-17)16-10-5-3-6-11-16/h3-7,10-11,17-20H,2,8-9,12-15H2,1H3. The second-order valence-corrected chi connectivity index (χ2v) is 6.46. The minimum Gasteiger partial charge on any atom is -0.311 e. The van der Waals surface area contributed by atoms with Gasteiger partial charge >= 0.3 is 0 Å². The molecule has 0 aromatic heterocycles. The fraction of sp³-hybridized carbons (Fsp3) is 0.579. The van der Waals surface area contributed by atoms with E-state index < -0.39 is 0 Å². The molecule has 0 saturated carbocycles. The van der Waals surface area contributed by atoms with Crippen molar-refractivity contribution in [3.63, 3.8) is 0 Å². The van der Waals surface area contributed by atoms with Gasteiger partial charge in [0.2, 0.25) is 0 Å². The second-order valence-electron chi connectivity index (χ2n) is 6.46. The van der Waals surface area contributed by atoms with Gasteiger partial charge in [-0.1, -0.05) is 55.8 Å². The van der Waals surface area contributed by atoms with Gasteiger partial charge in [-0.3, -0.25) is 4.90 Å². The summed E-state index contributed by atoms with van der Waals surface area (Å²) in [5.41, 5.74) is 1.47. The van der Waals surface area contributed by atoms with E-state index in [2.05, 4.69) is 59.6 Å². The lowest BCUT2D eigenvalue weighted by molar-refractivity contribution is 0.0731. The molecular weight excluding hydrogens is 256 g/mol. The third-order valence-corrected chi connectivity index (χ3v) is 4.96. The van der Waals surface area contributed by atoms with E-state index in [9.17, 15) is 0 Å². The van der Waals surface area contributed by atoms with Crippen LogP contribution in [0.1, 0.15) is 50.6 Å². The number of hydrogen-bond acceptors (Lipinski definition) is 2. The Balaban J connectivity index is 1.78. The first-order valence-corrected chi connectivity index (χ1v) is 8.57. The van der Waals surface area contributed by atoms with Crippen LogP contribution in [0.4, 0.5) is 0 Å². The summed E-state index contributed by atoms with van der Waals surface area (Å²) in [4.78, 5) is 2.79. The Morgan fingerprint density at radius 2 is 2.05 bits per heavy atom. The van der Waals surface area contributed by atoms with Crippen LogP contribution in [0.15, 0.2) is 42.5 Å². The highest BCUT2D eigenvalue weighted by Crippen LogP contribution is 2.30. The maximum Gasteiger partial charge on any atom is 0.0476 e. The Labute approximate surface area is 129 Å². The summed E-state index contributed by atoms with van der Waals surface area (Å²) >= 11 is 0. The molecule has 2 aliphatic rings. The summed E-state index contributed by atoms with van der Waals surface area (Å²) in [5, 5.41) is 3.78. The number of rotatable bonds is 4. The highest BCUT2D eigenvalue weighted by atomic mass is 15.3. The quantitative estimate of drug-likeness (QED) is 0.843. The van der Waals surface area contributed by atoms with Crippen LogP contribution in [0.25, 0.3) is 0 Å². The summed E-state index contributed by atoms with van der Waals surface area (Å²) < 4.78 is 0. The molecule has 1 aromatic rings. The molecule has 21 heavy (non-hydrogen) atoms. The van der Waals surface area contributed by atoms with E-state index in [1.165, 1.54) is 44.2 Å². The Hall–Kier alpha value is -1.12. The van der Waals surface area contributed by atoms with Crippen molar-refractivity contribution in [3.05, 3.63) is 48.0 Å². The molecule has 1 fully saturated rings. The van der Waals surface area contributed by atoms with Crippen molar-refractivity contribution in [1.82, 2.24) is 10.2 Å². The highest BCUT2D eigenvalue weighted by molar-refractivity contribution is 5.21. The second kappa shape index (κ2) is 7.24. The van der Waals surface area contributed by atoms with Crippen molar-refractivity contribution < 1.29 is 0 Å². The minimum absolute atomic E-state index is 0.538. The molecule has 3 atom stereocenters. The average molecular weight is 284 g/mol. The Morgan fingerprint density at radius 3 is 2.76 bits per heavy atom. The Morgan fingerprint density at radius 1 is 1.19 bits per heavy atom. The molecule has 0 radical (unpaired) electrons. The molecule has 3 rings (SSSR count). The zero-order valence-electron chi connectivity index (χ0n) is 13.2. The normalized spacial score (nSPS) is 30.4. The summed E-state index contributed by atoms with van der Waals surface area (Å²) in [7, 11) is 0. The Bertz CT molecular complexity index is 454. The van der Waals surface area contributed by atoms with Crippen molar-refractivity contribution >= 4 is 0 Å². The molecule has 0 bridgehead atoms. The summed E-state index contributed by atoms with van der Waals surface area (Å²) in [5.74, 6) is 0. The van der Waals surface area contributed by atoms with Crippen molar-refractivity contribution in [2.45, 2.75) is 57.2 Å². The number of nitrogens with one attached hydrogen (secondary N) is 1. The molecule has 114 valence electrons. The van der Waals surface area contributed by atoms with Gasteiger partial charge in [-0.2, -0.15) is 0 Å². The van der Waals surface area contributed by atoms with Gasteiger partial charge in [0.1, 0.15) is 0 Å². The monoisotopic (exact) mass is 284 g/mol. The molecule has 1 aromatic carbocycles. The summed E-state index contributed by atoms with van der Waals surface area (Å²) in [6.45, 7) is 4.58. The molecule has 1 aliphatic carbocycles.